The number of hydrazine groups is 1. The van der Waals surface area contributed by atoms with Crippen LogP contribution in [-0.4, -0.2) is 22.3 Å². The van der Waals surface area contributed by atoms with Crippen LogP contribution < -0.4 is 11.3 Å². The summed E-state index contributed by atoms with van der Waals surface area (Å²) in [5.41, 5.74) is 4.58. The minimum Gasteiger partial charge on any atom is -0.467 e. The van der Waals surface area contributed by atoms with E-state index in [1.54, 1.807) is 6.07 Å². The first-order chi connectivity index (χ1) is 10.1. The van der Waals surface area contributed by atoms with Crippen molar-refractivity contribution in [3.8, 4) is 0 Å². The fourth-order valence-corrected chi connectivity index (χ4v) is 2.14. The number of rotatable bonds is 6. The molecule has 0 aliphatic heterocycles. The molecular weight excluding hydrogens is 268 g/mol. The lowest BCUT2D eigenvalue weighted by Gasteiger charge is -2.19. The fourth-order valence-electron chi connectivity index (χ4n) is 2.14. The molecule has 0 unspecified atom stereocenters. The summed E-state index contributed by atoms with van der Waals surface area (Å²) in [4.78, 5) is 18.3. The third-order valence-corrected chi connectivity index (χ3v) is 3.27. The molecule has 0 spiro atoms. The van der Waals surface area contributed by atoms with Crippen LogP contribution in [0.5, 0.6) is 0 Å². The normalized spacial score (nSPS) is 10.9. The van der Waals surface area contributed by atoms with Gasteiger partial charge in [-0.05, 0) is 31.7 Å². The Morgan fingerprint density at radius 2 is 2.19 bits per heavy atom. The van der Waals surface area contributed by atoms with Crippen molar-refractivity contribution in [2.24, 2.45) is 5.84 Å². The van der Waals surface area contributed by atoms with Gasteiger partial charge in [-0.2, -0.15) is 0 Å². The Balaban J connectivity index is 2.09. The van der Waals surface area contributed by atoms with Crippen molar-refractivity contribution in [1.29, 1.82) is 0 Å². The second-order valence-electron chi connectivity index (χ2n) is 4.80. The molecule has 1 amide bonds. The summed E-state index contributed by atoms with van der Waals surface area (Å²) in [5.74, 6) is 5.43. The van der Waals surface area contributed by atoms with Crippen LogP contribution >= 0.6 is 0 Å². The first kappa shape index (κ1) is 15.2. The highest BCUT2D eigenvalue weighted by molar-refractivity contribution is 5.94. The summed E-state index contributed by atoms with van der Waals surface area (Å²) in [7, 11) is 0. The zero-order valence-electron chi connectivity index (χ0n) is 12.3. The van der Waals surface area contributed by atoms with Gasteiger partial charge >= 0.3 is 0 Å². The van der Waals surface area contributed by atoms with Crippen molar-refractivity contribution in [2.75, 3.05) is 6.54 Å². The van der Waals surface area contributed by atoms with Crippen molar-refractivity contribution in [1.82, 2.24) is 15.3 Å². The Hall–Kier alpha value is -2.18. The number of furan rings is 1. The van der Waals surface area contributed by atoms with Crippen molar-refractivity contribution < 1.29 is 9.21 Å². The summed E-state index contributed by atoms with van der Waals surface area (Å²) >= 11 is 0. The van der Waals surface area contributed by atoms with Crippen LogP contribution in [0.15, 0.2) is 34.9 Å². The van der Waals surface area contributed by atoms with Gasteiger partial charge in [-0.25, -0.2) is 5.84 Å². The molecule has 0 atom stereocenters. The summed E-state index contributed by atoms with van der Waals surface area (Å²) in [6.07, 6.45) is 1.50. The third-order valence-electron chi connectivity index (χ3n) is 3.27. The number of nitrogens with zero attached hydrogens (tertiary/aromatic N) is 2. The van der Waals surface area contributed by atoms with Gasteiger partial charge in [-0.1, -0.05) is 13.0 Å². The van der Waals surface area contributed by atoms with Gasteiger partial charge in [0.05, 0.1) is 24.1 Å². The molecule has 0 aromatic carbocycles. The minimum atomic E-state index is -0.344. The number of hydrogen-bond donors (Lipinski definition) is 2. The molecule has 2 aromatic rings. The average Bonchev–Trinajstić information content (AvgIpc) is 2.94. The Morgan fingerprint density at radius 1 is 1.38 bits per heavy atom. The van der Waals surface area contributed by atoms with Gasteiger partial charge in [0, 0.05) is 12.2 Å². The number of aryl methyl sites for hydroxylation is 1. The van der Waals surface area contributed by atoms with Crippen molar-refractivity contribution in [3.05, 3.63) is 53.2 Å². The first-order valence-corrected chi connectivity index (χ1v) is 6.86. The number of nitrogens with one attached hydrogen (secondary N) is 1. The van der Waals surface area contributed by atoms with Crippen LogP contribution in [0.4, 0.5) is 0 Å². The molecule has 6 heteroatoms. The van der Waals surface area contributed by atoms with Crippen LogP contribution in [0, 0.1) is 6.92 Å². The van der Waals surface area contributed by atoms with E-state index < -0.39 is 0 Å². The quantitative estimate of drug-likeness (QED) is 0.479. The predicted octanol–water partition coefficient (Wildman–Crippen LogP) is 1.61. The Kier molecular flexibility index (Phi) is 5.08. The number of pyridine rings is 1. The van der Waals surface area contributed by atoms with Crippen LogP contribution in [0.25, 0.3) is 0 Å². The molecule has 2 rings (SSSR count). The smallest absolute Gasteiger partial charge is 0.268 e. The average molecular weight is 288 g/mol. The maximum Gasteiger partial charge on any atom is 0.268 e. The summed E-state index contributed by atoms with van der Waals surface area (Å²) < 4.78 is 5.40. The molecule has 0 aliphatic carbocycles. The number of carbonyl (C=O) groups excluding carboxylic acids is 1. The highest BCUT2D eigenvalue weighted by Gasteiger charge is 2.16. The van der Waals surface area contributed by atoms with E-state index in [1.165, 1.54) is 6.26 Å². The van der Waals surface area contributed by atoms with Gasteiger partial charge in [-0.3, -0.25) is 20.1 Å². The lowest BCUT2D eigenvalue weighted by atomic mass is 10.2. The first-order valence-electron chi connectivity index (χ1n) is 6.86. The largest absolute Gasteiger partial charge is 0.467 e. The summed E-state index contributed by atoms with van der Waals surface area (Å²) in [5, 5.41) is 0. The molecular formula is C15H20N4O2. The van der Waals surface area contributed by atoms with Crippen molar-refractivity contribution in [2.45, 2.75) is 26.9 Å². The molecule has 3 N–H and O–H groups in total. The van der Waals surface area contributed by atoms with E-state index in [1.807, 2.05) is 25.1 Å². The maximum atomic E-state index is 11.6. The minimum absolute atomic E-state index is 0.344. The standard InChI is InChI=1S/C15H20N4O2/c1-3-19(9-12-6-4-5-11(2)17-12)10-14-13(7-8-21-14)15(20)18-16/h4-8H,3,9-10,16H2,1-2H3,(H,18,20). The third kappa shape index (κ3) is 3.90. The molecule has 0 bridgehead atoms. The van der Waals surface area contributed by atoms with Gasteiger partial charge in [-0.15, -0.1) is 0 Å². The number of nitrogens with two attached hydrogens (primary N) is 1. The van der Waals surface area contributed by atoms with E-state index in [4.69, 9.17) is 10.3 Å². The van der Waals surface area contributed by atoms with Gasteiger partial charge in [0.1, 0.15) is 5.76 Å². The van der Waals surface area contributed by atoms with E-state index >= 15 is 0 Å². The monoisotopic (exact) mass is 288 g/mol. The second-order valence-corrected chi connectivity index (χ2v) is 4.80. The van der Waals surface area contributed by atoms with Gasteiger partial charge in [0.25, 0.3) is 5.91 Å². The molecule has 21 heavy (non-hydrogen) atoms. The maximum absolute atomic E-state index is 11.6. The topological polar surface area (TPSA) is 84.4 Å². The molecule has 112 valence electrons. The lowest BCUT2D eigenvalue weighted by molar-refractivity contribution is 0.0949. The number of carbonyl (C=O) groups is 1. The number of aromatic nitrogens is 1. The highest BCUT2D eigenvalue weighted by Crippen LogP contribution is 2.15. The van der Waals surface area contributed by atoms with E-state index in [2.05, 4.69) is 22.2 Å². The van der Waals surface area contributed by atoms with Crippen molar-refractivity contribution >= 4 is 5.91 Å². The zero-order chi connectivity index (χ0) is 15.2. The molecule has 0 radical (unpaired) electrons. The SMILES string of the molecule is CCN(Cc1cccc(C)n1)Cc1occc1C(=O)NN. The van der Waals surface area contributed by atoms with Gasteiger partial charge in [0.15, 0.2) is 0 Å². The summed E-state index contributed by atoms with van der Waals surface area (Å²) in [6.45, 7) is 6.07. The van der Waals surface area contributed by atoms with Crippen LogP contribution in [-0.2, 0) is 13.1 Å². The number of amides is 1. The molecule has 6 nitrogen and oxygen atoms in total. The molecule has 0 fully saturated rings. The Labute approximate surface area is 123 Å². The zero-order valence-corrected chi connectivity index (χ0v) is 12.3. The fraction of sp³-hybridized carbons (Fsp3) is 0.333. The molecule has 0 saturated heterocycles. The van der Waals surface area contributed by atoms with Crippen LogP contribution in [0.2, 0.25) is 0 Å². The molecule has 2 aromatic heterocycles. The predicted molar refractivity (Wildman–Crippen MR) is 79.1 cm³/mol. The van der Waals surface area contributed by atoms with E-state index in [0.717, 1.165) is 17.9 Å². The van der Waals surface area contributed by atoms with E-state index in [0.29, 0.717) is 24.4 Å². The van der Waals surface area contributed by atoms with Crippen molar-refractivity contribution in [3.63, 3.8) is 0 Å². The van der Waals surface area contributed by atoms with Gasteiger partial charge in [0.2, 0.25) is 0 Å². The van der Waals surface area contributed by atoms with Gasteiger partial charge < -0.3 is 4.42 Å². The van der Waals surface area contributed by atoms with E-state index in [9.17, 15) is 4.79 Å². The number of hydrogen-bond acceptors (Lipinski definition) is 5. The highest BCUT2D eigenvalue weighted by atomic mass is 16.3. The molecule has 0 aliphatic rings. The van der Waals surface area contributed by atoms with E-state index in [-0.39, 0.29) is 5.91 Å². The summed E-state index contributed by atoms with van der Waals surface area (Å²) in [6, 6.07) is 7.57. The van der Waals surface area contributed by atoms with Crippen LogP contribution in [0.3, 0.4) is 0 Å². The lowest BCUT2D eigenvalue weighted by Crippen LogP contribution is -2.31. The Morgan fingerprint density at radius 3 is 2.86 bits per heavy atom. The second kappa shape index (κ2) is 7.01. The molecule has 2 heterocycles. The molecule has 0 saturated carbocycles. The van der Waals surface area contributed by atoms with Crippen LogP contribution in [0.1, 0.15) is 34.4 Å². The Bertz CT molecular complexity index is 609. The number of nitrogen functional groups attached to an aromatic ring is 1.